The summed E-state index contributed by atoms with van der Waals surface area (Å²) in [5, 5.41) is 3.18. The third-order valence-corrected chi connectivity index (χ3v) is 4.87. The van der Waals surface area contributed by atoms with Crippen LogP contribution in [0.15, 0.2) is 12.4 Å². The highest BCUT2D eigenvalue weighted by Gasteiger charge is 2.31. The van der Waals surface area contributed by atoms with Crippen LogP contribution < -0.4 is 5.32 Å². The Morgan fingerprint density at radius 2 is 1.80 bits per heavy atom. The summed E-state index contributed by atoms with van der Waals surface area (Å²) in [6, 6.07) is 0. The van der Waals surface area contributed by atoms with Crippen molar-refractivity contribution in [2.45, 2.75) is 53.0 Å². The van der Waals surface area contributed by atoms with Crippen LogP contribution in [0, 0.1) is 5.41 Å². The lowest BCUT2D eigenvalue weighted by Crippen LogP contribution is -2.39. The average molecular weight is 276 g/mol. The van der Waals surface area contributed by atoms with E-state index in [4.69, 9.17) is 0 Å². The van der Waals surface area contributed by atoms with Crippen LogP contribution in [0.2, 0.25) is 0 Å². The maximum absolute atomic E-state index is 4.50. The number of nitrogens with zero attached hydrogens (tertiary/aromatic N) is 3. The Hall–Kier alpha value is -1.16. The van der Waals surface area contributed by atoms with Crippen LogP contribution in [-0.2, 0) is 6.54 Å². The minimum atomic E-state index is 0.594. The van der Waals surface area contributed by atoms with Crippen molar-refractivity contribution in [3.05, 3.63) is 18.1 Å². The van der Waals surface area contributed by atoms with Gasteiger partial charge < -0.3 is 5.32 Å². The number of likely N-dealkylation sites (tertiary alicyclic amines) is 1. The quantitative estimate of drug-likeness (QED) is 0.865. The number of aromatic nitrogens is 2. The molecule has 1 saturated heterocycles. The lowest BCUT2D eigenvalue weighted by atomic mass is 9.74. The second kappa shape index (κ2) is 7.02. The van der Waals surface area contributed by atoms with Gasteiger partial charge in [0.25, 0.3) is 0 Å². The molecule has 0 spiro atoms. The first-order chi connectivity index (χ1) is 9.71. The van der Waals surface area contributed by atoms with E-state index in [1.54, 1.807) is 0 Å². The molecule has 0 radical (unpaired) electrons. The van der Waals surface area contributed by atoms with Crippen molar-refractivity contribution in [3.63, 3.8) is 0 Å². The normalized spacial score (nSPS) is 18.9. The standard InChI is InChI=1S/C16H28N4/c1-4-16(5-2)7-9-20(10-8-16)13-14-11-19-15(12-18-14)17-6-3/h11-12H,4-10,13H2,1-3H3,(H,17,19). The Kier molecular flexibility index (Phi) is 5.35. The highest BCUT2D eigenvalue weighted by Crippen LogP contribution is 2.38. The zero-order valence-corrected chi connectivity index (χ0v) is 13.2. The molecule has 20 heavy (non-hydrogen) atoms. The predicted molar refractivity (Wildman–Crippen MR) is 83.7 cm³/mol. The lowest BCUT2D eigenvalue weighted by molar-refractivity contribution is 0.0900. The van der Waals surface area contributed by atoms with Gasteiger partial charge in [-0.25, -0.2) is 4.98 Å². The molecule has 1 aliphatic rings. The van der Waals surface area contributed by atoms with E-state index in [9.17, 15) is 0 Å². The maximum Gasteiger partial charge on any atom is 0.144 e. The van der Waals surface area contributed by atoms with E-state index in [1.165, 1.54) is 38.8 Å². The third kappa shape index (κ3) is 3.69. The predicted octanol–water partition coefficient (Wildman–Crippen LogP) is 3.31. The van der Waals surface area contributed by atoms with Gasteiger partial charge in [-0.05, 0) is 38.3 Å². The summed E-state index contributed by atoms with van der Waals surface area (Å²) in [6.07, 6.45) is 9.01. The first kappa shape index (κ1) is 15.2. The SMILES string of the molecule is CCNc1cnc(CN2CCC(CC)(CC)CC2)cn1. The van der Waals surface area contributed by atoms with Crippen molar-refractivity contribution in [1.29, 1.82) is 0 Å². The van der Waals surface area contributed by atoms with Gasteiger partial charge >= 0.3 is 0 Å². The number of hydrogen-bond acceptors (Lipinski definition) is 4. The van der Waals surface area contributed by atoms with Crippen LogP contribution in [-0.4, -0.2) is 34.5 Å². The van der Waals surface area contributed by atoms with Gasteiger partial charge in [0.05, 0.1) is 18.1 Å². The van der Waals surface area contributed by atoms with Crippen LogP contribution in [0.1, 0.15) is 52.1 Å². The molecular formula is C16H28N4. The zero-order valence-electron chi connectivity index (χ0n) is 13.2. The van der Waals surface area contributed by atoms with E-state index >= 15 is 0 Å². The molecule has 1 aliphatic heterocycles. The van der Waals surface area contributed by atoms with Gasteiger partial charge in [0.15, 0.2) is 0 Å². The summed E-state index contributed by atoms with van der Waals surface area (Å²) in [5.41, 5.74) is 1.67. The van der Waals surface area contributed by atoms with E-state index in [0.29, 0.717) is 5.41 Å². The lowest BCUT2D eigenvalue weighted by Gasteiger charge is -2.40. The summed E-state index contributed by atoms with van der Waals surface area (Å²) in [7, 11) is 0. The van der Waals surface area contributed by atoms with E-state index in [1.807, 2.05) is 12.4 Å². The van der Waals surface area contributed by atoms with Gasteiger partial charge in [-0.15, -0.1) is 0 Å². The fourth-order valence-corrected chi connectivity index (χ4v) is 3.08. The highest BCUT2D eigenvalue weighted by atomic mass is 15.1. The van der Waals surface area contributed by atoms with Crippen LogP contribution in [0.3, 0.4) is 0 Å². The molecular weight excluding hydrogens is 248 g/mol. The summed E-state index contributed by atoms with van der Waals surface area (Å²) >= 11 is 0. The summed E-state index contributed by atoms with van der Waals surface area (Å²) in [4.78, 5) is 11.4. The van der Waals surface area contributed by atoms with Crippen molar-refractivity contribution < 1.29 is 0 Å². The van der Waals surface area contributed by atoms with E-state index in [2.05, 4.69) is 41.0 Å². The van der Waals surface area contributed by atoms with Crippen LogP contribution >= 0.6 is 0 Å². The van der Waals surface area contributed by atoms with Gasteiger partial charge in [0, 0.05) is 13.1 Å². The van der Waals surface area contributed by atoms with Crippen molar-refractivity contribution in [3.8, 4) is 0 Å². The second-order valence-electron chi connectivity index (χ2n) is 5.91. The molecule has 0 atom stereocenters. The molecule has 1 fully saturated rings. The number of anilines is 1. The van der Waals surface area contributed by atoms with Crippen molar-refractivity contribution in [1.82, 2.24) is 14.9 Å². The van der Waals surface area contributed by atoms with E-state index in [-0.39, 0.29) is 0 Å². The number of hydrogen-bond donors (Lipinski definition) is 1. The van der Waals surface area contributed by atoms with Crippen LogP contribution in [0.5, 0.6) is 0 Å². The molecule has 1 N–H and O–H groups in total. The molecule has 1 aromatic heterocycles. The fraction of sp³-hybridized carbons (Fsp3) is 0.750. The van der Waals surface area contributed by atoms with Gasteiger partial charge in [0.1, 0.15) is 5.82 Å². The summed E-state index contributed by atoms with van der Waals surface area (Å²) < 4.78 is 0. The minimum Gasteiger partial charge on any atom is -0.369 e. The zero-order chi connectivity index (χ0) is 14.4. The molecule has 0 amide bonds. The Bertz CT molecular complexity index is 387. The Morgan fingerprint density at radius 3 is 2.30 bits per heavy atom. The second-order valence-corrected chi connectivity index (χ2v) is 5.91. The molecule has 4 nitrogen and oxygen atoms in total. The minimum absolute atomic E-state index is 0.594. The molecule has 0 aliphatic carbocycles. The largest absolute Gasteiger partial charge is 0.369 e. The molecule has 112 valence electrons. The monoisotopic (exact) mass is 276 g/mol. The molecule has 1 aromatic rings. The Balaban J connectivity index is 1.86. The first-order valence-electron chi connectivity index (χ1n) is 7.98. The Labute approximate surface area is 123 Å². The molecule has 0 unspecified atom stereocenters. The molecule has 0 aromatic carbocycles. The van der Waals surface area contributed by atoms with Gasteiger partial charge in [-0.1, -0.05) is 26.7 Å². The van der Waals surface area contributed by atoms with Crippen molar-refractivity contribution in [2.24, 2.45) is 5.41 Å². The highest BCUT2D eigenvalue weighted by molar-refractivity contribution is 5.30. The van der Waals surface area contributed by atoms with Gasteiger partial charge in [0.2, 0.25) is 0 Å². The smallest absolute Gasteiger partial charge is 0.144 e. The van der Waals surface area contributed by atoms with Gasteiger partial charge in [-0.3, -0.25) is 9.88 Å². The van der Waals surface area contributed by atoms with Crippen molar-refractivity contribution in [2.75, 3.05) is 25.0 Å². The Morgan fingerprint density at radius 1 is 1.10 bits per heavy atom. The van der Waals surface area contributed by atoms with Crippen LogP contribution in [0.25, 0.3) is 0 Å². The summed E-state index contributed by atoms with van der Waals surface area (Å²) in [6.45, 7) is 10.9. The van der Waals surface area contributed by atoms with Crippen molar-refractivity contribution >= 4 is 5.82 Å². The average Bonchev–Trinajstić information content (AvgIpc) is 2.51. The fourth-order valence-electron chi connectivity index (χ4n) is 3.08. The third-order valence-electron chi connectivity index (χ3n) is 4.87. The van der Waals surface area contributed by atoms with E-state index in [0.717, 1.165) is 24.6 Å². The maximum atomic E-state index is 4.50. The van der Waals surface area contributed by atoms with Gasteiger partial charge in [-0.2, -0.15) is 0 Å². The topological polar surface area (TPSA) is 41.1 Å². The molecule has 2 heterocycles. The number of nitrogens with one attached hydrogen (secondary N) is 1. The molecule has 2 rings (SSSR count). The number of piperidine rings is 1. The first-order valence-corrected chi connectivity index (χ1v) is 7.98. The molecule has 4 heteroatoms. The van der Waals surface area contributed by atoms with E-state index < -0.39 is 0 Å². The van der Waals surface area contributed by atoms with Crippen LogP contribution in [0.4, 0.5) is 5.82 Å². The number of rotatable bonds is 6. The summed E-state index contributed by atoms with van der Waals surface area (Å²) in [5.74, 6) is 0.867. The molecule has 0 saturated carbocycles. The molecule has 0 bridgehead atoms.